The summed E-state index contributed by atoms with van der Waals surface area (Å²) >= 11 is 0. The highest BCUT2D eigenvalue weighted by Gasteiger charge is 2.30. The first-order valence-corrected chi connectivity index (χ1v) is 7.83. The number of aliphatic hydroxyl groups is 1. The van der Waals surface area contributed by atoms with Crippen molar-refractivity contribution in [2.75, 3.05) is 0 Å². The summed E-state index contributed by atoms with van der Waals surface area (Å²) in [6.07, 6.45) is 4.20. The van der Waals surface area contributed by atoms with E-state index in [2.05, 4.69) is 29.7 Å². The molecule has 0 spiro atoms. The molecule has 1 heterocycles. The third-order valence-corrected chi connectivity index (χ3v) is 4.50. The molecule has 0 atom stereocenters. The third-order valence-electron chi connectivity index (χ3n) is 4.50. The van der Waals surface area contributed by atoms with Crippen LogP contribution in [0.3, 0.4) is 0 Å². The zero-order chi connectivity index (χ0) is 15.2. The highest BCUT2D eigenvalue weighted by Crippen LogP contribution is 2.35. The number of benzene rings is 1. The number of aromatic nitrogens is 2. The molecule has 1 aromatic heterocycles. The highest BCUT2D eigenvalue weighted by atomic mass is 16.3. The van der Waals surface area contributed by atoms with Crippen molar-refractivity contribution in [3.8, 4) is 0 Å². The normalized spacial score (nSPS) is 23.7. The molecule has 1 aromatic carbocycles. The fraction of sp³-hybridized carbons (Fsp3) is 0.588. The van der Waals surface area contributed by atoms with Gasteiger partial charge in [-0.3, -0.25) is 0 Å². The number of imidazole rings is 1. The average molecular weight is 287 g/mol. The summed E-state index contributed by atoms with van der Waals surface area (Å²) in [5, 5.41) is 10.5. The predicted octanol–water partition coefficient (Wildman–Crippen LogP) is 3.01. The van der Waals surface area contributed by atoms with Crippen molar-refractivity contribution in [1.82, 2.24) is 9.55 Å². The largest absolute Gasteiger partial charge is 0.383 e. The van der Waals surface area contributed by atoms with E-state index in [1.807, 2.05) is 13.8 Å². The minimum absolute atomic E-state index is 0.323. The molecule has 2 aromatic rings. The van der Waals surface area contributed by atoms with Gasteiger partial charge in [0.25, 0.3) is 0 Å². The summed E-state index contributed by atoms with van der Waals surface area (Å²) in [5.41, 5.74) is 8.39. The lowest BCUT2D eigenvalue weighted by molar-refractivity contribution is 0.0622. The van der Waals surface area contributed by atoms with Crippen LogP contribution in [-0.2, 0) is 5.60 Å². The van der Waals surface area contributed by atoms with Crippen molar-refractivity contribution in [3.05, 3.63) is 29.6 Å². The van der Waals surface area contributed by atoms with Crippen molar-refractivity contribution in [3.63, 3.8) is 0 Å². The van der Waals surface area contributed by atoms with Crippen LogP contribution in [0.2, 0.25) is 0 Å². The molecule has 0 unspecified atom stereocenters. The first kappa shape index (κ1) is 14.5. The van der Waals surface area contributed by atoms with Crippen molar-refractivity contribution in [2.45, 2.75) is 64.1 Å². The van der Waals surface area contributed by atoms with E-state index in [1.165, 1.54) is 5.56 Å². The molecule has 1 aliphatic carbocycles. The Bertz CT molecular complexity index is 646. The van der Waals surface area contributed by atoms with Crippen LogP contribution < -0.4 is 5.73 Å². The van der Waals surface area contributed by atoms with E-state index in [9.17, 15) is 5.11 Å². The van der Waals surface area contributed by atoms with Crippen molar-refractivity contribution >= 4 is 11.0 Å². The van der Waals surface area contributed by atoms with Crippen LogP contribution in [0.4, 0.5) is 0 Å². The van der Waals surface area contributed by atoms with Gasteiger partial charge < -0.3 is 15.4 Å². The molecular weight excluding hydrogens is 262 g/mol. The second kappa shape index (κ2) is 5.11. The van der Waals surface area contributed by atoms with Gasteiger partial charge in [-0.25, -0.2) is 4.98 Å². The summed E-state index contributed by atoms with van der Waals surface area (Å²) in [6.45, 7) is 5.69. The molecular formula is C17H25N3O. The van der Waals surface area contributed by atoms with E-state index in [-0.39, 0.29) is 0 Å². The topological polar surface area (TPSA) is 64.1 Å². The molecule has 3 N–H and O–H groups in total. The van der Waals surface area contributed by atoms with Crippen LogP contribution in [-0.4, -0.2) is 20.7 Å². The summed E-state index contributed by atoms with van der Waals surface area (Å²) in [7, 11) is 0. The zero-order valence-corrected chi connectivity index (χ0v) is 13.1. The summed E-state index contributed by atoms with van der Waals surface area (Å²) in [4.78, 5) is 4.72. The fourth-order valence-corrected chi connectivity index (χ4v) is 3.37. The van der Waals surface area contributed by atoms with Gasteiger partial charge in [0.05, 0.1) is 11.0 Å². The van der Waals surface area contributed by atoms with E-state index in [0.29, 0.717) is 12.1 Å². The van der Waals surface area contributed by atoms with Crippen LogP contribution in [0, 0.1) is 6.92 Å². The predicted molar refractivity (Wildman–Crippen MR) is 85.2 cm³/mol. The molecule has 0 amide bonds. The van der Waals surface area contributed by atoms with E-state index >= 15 is 0 Å². The number of hydrogen-bond donors (Lipinski definition) is 2. The second-order valence-corrected chi connectivity index (χ2v) is 6.93. The molecule has 114 valence electrons. The fourth-order valence-electron chi connectivity index (χ4n) is 3.37. The van der Waals surface area contributed by atoms with E-state index in [0.717, 1.165) is 42.5 Å². The minimum atomic E-state index is -0.938. The molecule has 21 heavy (non-hydrogen) atoms. The Morgan fingerprint density at radius 2 is 1.90 bits per heavy atom. The van der Waals surface area contributed by atoms with Crippen LogP contribution in [0.5, 0.6) is 0 Å². The average Bonchev–Trinajstić information content (AvgIpc) is 2.78. The minimum Gasteiger partial charge on any atom is -0.383 e. The highest BCUT2D eigenvalue weighted by molar-refractivity contribution is 5.77. The number of rotatable bonds is 2. The SMILES string of the molecule is Cc1ccc2c(c1)nc(C(C)(C)O)n2C1CCC(N)CC1. The van der Waals surface area contributed by atoms with Gasteiger partial charge in [-0.1, -0.05) is 6.07 Å². The monoisotopic (exact) mass is 287 g/mol. The maximum absolute atomic E-state index is 10.5. The number of nitrogens with two attached hydrogens (primary N) is 1. The van der Waals surface area contributed by atoms with Crippen molar-refractivity contribution in [2.24, 2.45) is 5.73 Å². The van der Waals surface area contributed by atoms with Crippen molar-refractivity contribution < 1.29 is 5.11 Å². The molecule has 1 aliphatic rings. The molecule has 1 saturated carbocycles. The zero-order valence-electron chi connectivity index (χ0n) is 13.1. The van der Waals surface area contributed by atoms with Gasteiger partial charge in [-0.15, -0.1) is 0 Å². The van der Waals surface area contributed by atoms with E-state index in [4.69, 9.17) is 10.7 Å². The first-order valence-electron chi connectivity index (χ1n) is 7.83. The van der Waals surface area contributed by atoms with Crippen LogP contribution >= 0.6 is 0 Å². The Hall–Kier alpha value is -1.39. The van der Waals surface area contributed by atoms with Gasteiger partial charge in [0.1, 0.15) is 11.4 Å². The molecule has 0 aliphatic heterocycles. The van der Waals surface area contributed by atoms with E-state index < -0.39 is 5.60 Å². The van der Waals surface area contributed by atoms with Gasteiger partial charge in [-0.05, 0) is 64.2 Å². The summed E-state index contributed by atoms with van der Waals surface area (Å²) in [6, 6.07) is 7.04. The van der Waals surface area contributed by atoms with Crippen LogP contribution in [0.1, 0.15) is 57.0 Å². The molecule has 4 nitrogen and oxygen atoms in total. The van der Waals surface area contributed by atoms with Gasteiger partial charge in [-0.2, -0.15) is 0 Å². The Labute approximate surface area is 126 Å². The molecule has 0 radical (unpaired) electrons. The third kappa shape index (κ3) is 2.70. The Morgan fingerprint density at radius 3 is 2.52 bits per heavy atom. The molecule has 4 heteroatoms. The standard InChI is InChI=1S/C17H25N3O/c1-11-4-9-15-14(10-11)19-16(17(2,3)21)20(15)13-7-5-12(18)6-8-13/h4,9-10,12-13,21H,5-8,18H2,1-3H3. The Kier molecular flexibility index (Phi) is 3.54. The smallest absolute Gasteiger partial charge is 0.141 e. The van der Waals surface area contributed by atoms with E-state index in [1.54, 1.807) is 0 Å². The van der Waals surface area contributed by atoms with Gasteiger partial charge in [0, 0.05) is 12.1 Å². The Morgan fingerprint density at radius 1 is 1.24 bits per heavy atom. The van der Waals surface area contributed by atoms with Gasteiger partial charge in [0.2, 0.25) is 0 Å². The lowest BCUT2D eigenvalue weighted by atomic mass is 9.91. The molecule has 1 fully saturated rings. The lowest BCUT2D eigenvalue weighted by Crippen LogP contribution is -2.30. The molecule has 3 rings (SSSR count). The molecule has 0 saturated heterocycles. The lowest BCUT2D eigenvalue weighted by Gasteiger charge is -2.31. The number of hydrogen-bond acceptors (Lipinski definition) is 3. The maximum Gasteiger partial charge on any atom is 0.141 e. The Balaban J connectivity index is 2.14. The second-order valence-electron chi connectivity index (χ2n) is 6.93. The first-order chi connectivity index (χ1) is 9.86. The quantitative estimate of drug-likeness (QED) is 0.892. The number of nitrogens with zero attached hydrogens (tertiary/aromatic N) is 2. The van der Waals surface area contributed by atoms with Crippen LogP contribution in [0.25, 0.3) is 11.0 Å². The van der Waals surface area contributed by atoms with Crippen LogP contribution in [0.15, 0.2) is 18.2 Å². The van der Waals surface area contributed by atoms with Gasteiger partial charge >= 0.3 is 0 Å². The summed E-state index contributed by atoms with van der Waals surface area (Å²) in [5.74, 6) is 0.767. The van der Waals surface area contributed by atoms with Crippen molar-refractivity contribution in [1.29, 1.82) is 0 Å². The summed E-state index contributed by atoms with van der Waals surface area (Å²) < 4.78 is 2.25. The number of fused-ring (bicyclic) bond motifs is 1. The maximum atomic E-state index is 10.5. The molecule has 0 bridgehead atoms. The number of aryl methyl sites for hydroxylation is 1. The van der Waals surface area contributed by atoms with Gasteiger partial charge in [0.15, 0.2) is 0 Å².